The maximum Gasteiger partial charge on any atom is 0.308 e. The summed E-state index contributed by atoms with van der Waals surface area (Å²) in [7, 11) is 0. The molecule has 1 aliphatic heterocycles. The van der Waals surface area contributed by atoms with Crippen LogP contribution >= 0.6 is 0 Å². The van der Waals surface area contributed by atoms with Crippen molar-refractivity contribution in [3.8, 4) is 0 Å². The lowest BCUT2D eigenvalue weighted by Gasteiger charge is -2.36. The molecule has 1 aromatic heterocycles. The average molecular weight is 291 g/mol. The molecule has 0 radical (unpaired) electrons. The largest absolute Gasteiger partial charge is 0.481 e. The molecule has 6 heteroatoms. The highest BCUT2D eigenvalue weighted by molar-refractivity contribution is 5.96. The number of rotatable bonds is 3. The van der Waals surface area contributed by atoms with Gasteiger partial charge in [0, 0.05) is 12.6 Å². The molecule has 0 spiro atoms. The van der Waals surface area contributed by atoms with E-state index in [-0.39, 0.29) is 18.5 Å². The zero-order chi connectivity index (χ0) is 15.6. The van der Waals surface area contributed by atoms with Gasteiger partial charge in [-0.15, -0.1) is 0 Å². The monoisotopic (exact) mass is 291 g/mol. The van der Waals surface area contributed by atoms with Gasteiger partial charge >= 0.3 is 5.97 Å². The Morgan fingerprint density at radius 1 is 1.38 bits per heavy atom. The first-order chi connectivity index (χ1) is 9.93. The fourth-order valence-electron chi connectivity index (χ4n) is 2.71. The van der Waals surface area contributed by atoms with Crippen LogP contribution < -0.4 is 0 Å². The van der Waals surface area contributed by atoms with E-state index >= 15 is 0 Å². The molecule has 2 rings (SSSR count). The van der Waals surface area contributed by atoms with Crippen LogP contribution in [0.2, 0.25) is 0 Å². The van der Waals surface area contributed by atoms with Crippen molar-refractivity contribution < 1.29 is 14.7 Å². The number of aliphatic carboxylic acids is 1. The first-order valence-corrected chi connectivity index (χ1v) is 7.31. The number of carboxylic acid groups (broad SMARTS) is 1. The SMILES string of the molecule is CCc1nnc(C)cc1C(=O)N1CC(C(=O)O)CCC1C. The highest BCUT2D eigenvalue weighted by Gasteiger charge is 2.33. The number of nitrogens with zero attached hydrogens (tertiary/aromatic N) is 3. The van der Waals surface area contributed by atoms with Gasteiger partial charge < -0.3 is 10.0 Å². The summed E-state index contributed by atoms with van der Waals surface area (Å²) in [5.41, 5.74) is 1.90. The maximum atomic E-state index is 12.8. The minimum Gasteiger partial charge on any atom is -0.481 e. The number of aryl methyl sites for hydroxylation is 2. The first-order valence-electron chi connectivity index (χ1n) is 7.31. The molecule has 1 saturated heterocycles. The molecule has 0 saturated carbocycles. The van der Waals surface area contributed by atoms with Gasteiger partial charge in [-0.05, 0) is 39.2 Å². The van der Waals surface area contributed by atoms with Crippen LogP contribution in [0.25, 0.3) is 0 Å². The van der Waals surface area contributed by atoms with Gasteiger partial charge in [0.25, 0.3) is 5.91 Å². The molecule has 0 bridgehead atoms. The third-order valence-electron chi connectivity index (χ3n) is 4.05. The van der Waals surface area contributed by atoms with Crippen molar-refractivity contribution in [2.45, 2.75) is 46.1 Å². The van der Waals surface area contributed by atoms with E-state index in [1.807, 2.05) is 13.8 Å². The van der Waals surface area contributed by atoms with E-state index in [2.05, 4.69) is 10.2 Å². The number of hydrogen-bond acceptors (Lipinski definition) is 4. The van der Waals surface area contributed by atoms with Crippen LogP contribution in [0.5, 0.6) is 0 Å². The van der Waals surface area contributed by atoms with E-state index in [1.165, 1.54) is 0 Å². The molecule has 114 valence electrons. The summed E-state index contributed by atoms with van der Waals surface area (Å²) in [6, 6.07) is 1.79. The van der Waals surface area contributed by atoms with E-state index in [0.29, 0.717) is 36.2 Å². The third kappa shape index (κ3) is 3.20. The van der Waals surface area contributed by atoms with Crippen LogP contribution in [0.1, 0.15) is 48.4 Å². The first kappa shape index (κ1) is 15.4. The van der Waals surface area contributed by atoms with Gasteiger partial charge in [-0.1, -0.05) is 6.92 Å². The molecule has 1 fully saturated rings. The number of piperidine rings is 1. The fourth-order valence-corrected chi connectivity index (χ4v) is 2.71. The Labute approximate surface area is 124 Å². The summed E-state index contributed by atoms with van der Waals surface area (Å²) >= 11 is 0. The van der Waals surface area contributed by atoms with Gasteiger partial charge in [0.2, 0.25) is 0 Å². The van der Waals surface area contributed by atoms with E-state index in [9.17, 15) is 14.7 Å². The molecule has 1 N–H and O–H groups in total. The molecular weight excluding hydrogens is 270 g/mol. The standard InChI is InChI=1S/C15H21N3O3/c1-4-13-12(7-9(2)16-17-13)14(19)18-8-11(15(20)21)6-5-10(18)3/h7,10-11H,4-6,8H2,1-3H3,(H,20,21). The van der Waals surface area contributed by atoms with Crippen molar-refractivity contribution in [1.82, 2.24) is 15.1 Å². The predicted octanol–water partition coefficient (Wildman–Crippen LogP) is 1.67. The number of carbonyl (C=O) groups is 2. The molecule has 0 aliphatic carbocycles. The van der Waals surface area contributed by atoms with Crippen LogP contribution in [0.3, 0.4) is 0 Å². The molecule has 2 heterocycles. The van der Waals surface area contributed by atoms with Crippen molar-refractivity contribution in [2.24, 2.45) is 5.92 Å². The molecule has 2 atom stereocenters. The van der Waals surface area contributed by atoms with Crippen molar-refractivity contribution >= 4 is 11.9 Å². The van der Waals surface area contributed by atoms with Gasteiger partial charge in [0.15, 0.2) is 0 Å². The summed E-state index contributed by atoms with van der Waals surface area (Å²) in [6.45, 7) is 5.95. The fraction of sp³-hybridized carbons (Fsp3) is 0.600. The van der Waals surface area contributed by atoms with Gasteiger partial charge in [0.1, 0.15) is 0 Å². The molecule has 1 amide bonds. The van der Waals surface area contributed by atoms with Crippen LogP contribution in [-0.4, -0.2) is 44.7 Å². The van der Waals surface area contributed by atoms with Crippen molar-refractivity contribution in [1.29, 1.82) is 0 Å². The van der Waals surface area contributed by atoms with Crippen molar-refractivity contribution in [2.75, 3.05) is 6.54 Å². The topological polar surface area (TPSA) is 83.4 Å². The second kappa shape index (κ2) is 6.20. The summed E-state index contributed by atoms with van der Waals surface area (Å²) in [4.78, 5) is 25.6. The van der Waals surface area contributed by atoms with E-state index in [0.717, 1.165) is 0 Å². The molecule has 0 aromatic carbocycles. The number of carboxylic acids is 1. The number of carbonyl (C=O) groups excluding carboxylic acids is 1. The van der Waals surface area contributed by atoms with Crippen LogP contribution in [-0.2, 0) is 11.2 Å². The van der Waals surface area contributed by atoms with Gasteiger partial charge in [-0.25, -0.2) is 0 Å². The number of hydrogen-bond donors (Lipinski definition) is 1. The minimum absolute atomic E-state index is 0.0475. The molecular formula is C15H21N3O3. The van der Waals surface area contributed by atoms with E-state index < -0.39 is 11.9 Å². The van der Waals surface area contributed by atoms with Crippen molar-refractivity contribution in [3.63, 3.8) is 0 Å². The minimum atomic E-state index is -0.834. The molecule has 21 heavy (non-hydrogen) atoms. The third-order valence-corrected chi connectivity index (χ3v) is 4.05. The molecule has 2 unspecified atom stereocenters. The summed E-state index contributed by atoms with van der Waals surface area (Å²) in [5, 5.41) is 17.2. The lowest BCUT2D eigenvalue weighted by Crippen LogP contribution is -2.47. The number of likely N-dealkylation sites (tertiary alicyclic amines) is 1. The Hall–Kier alpha value is -1.98. The predicted molar refractivity (Wildman–Crippen MR) is 77.0 cm³/mol. The molecule has 1 aliphatic rings. The summed E-state index contributed by atoms with van der Waals surface area (Å²) in [6.07, 6.45) is 1.95. The average Bonchev–Trinajstić information content (AvgIpc) is 2.46. The Kier molecular flexibility index (Phi) is 4.55. The Balaban J connectivity index is 2.29. The Bertz CT molecular complexity index is 559. The lowest BCUT2D eigenvalue weighted by atomic mass is 9.92. The number of aromatic nitrogens is 2. The second-order valence-electron chi connectivity index (χ2n) is 5.62. The van der Waals surface area contributed by atoms with E-state index in [4.69, 9.17) is 0 Å². The summed E-state index contributed by atoms with van der Waals surface area (Å²) in [5.74, 6) is -1.45. The van der Waals surface area contributed by atoms with Gasteiger partial charge in [-0.2, -0.15) is 10.2 Å². The normalized spacial score (nSPS) is 22.1. The second-order valence-corrected chi connectivity index (χ2v) is 5.62. The molecule has 6 nitrogen and oxygen atoms in total. The summed E-state index contributed by atoms with van der Waals surface area (Å²) < 4.78 is 0. The zero-order valence-electron chi connectivity index (χ0n) is 12.7. The zero-order valence-corrected chi connectivity index (χ0v) is 12.7. The number of amides is 1. The smallest absolute Gasteiger partial charge is 0.308 e. The van der Waals surface area contributed by atoms with Crippen LogP contribution in [0.15, 0.2) is 6.07 Å². The highest BCUT2D eigenvalue weighted by Crippen LogP contribution is 2.24. The highest BCUT2D eigenvalue weighted by atomic mass is 16.4. The molecule has 1 aromatic rings. The van der Waals surface area contributed by atoms with E-state index in [1.54, 1.807) is 17.9 Å². The lowest BCUT2D eigenvalue weighted by molar-refractivity contribution is -0.143. The van der Waals surface area contributed by atoms with Gasteiger partial charge in [-0.3, -0.25) is 9.59 Å². The Morgan fingerprint density at radius 2 is 2.10 bits per heavy atom. The quantitative estimate of drug-likeness (QED) is 0.916. The van der Waals surface area contributed by atoms with Crippen LogP contribution in [0.4, 0.5) is 0 Å². The van der Waals surface area contributed by atoms with Crippen LogP contribution in [0, 0.1) is 12.8 Å². The maximum absolute atomic E-state index is 12.8. The Morgan fingerprint density at radius 3 is 2.71 bits per heavy atom. The van der Waals surface area contributed by atoms with Crippen molar-refractivity contribution in [3.05, 3.63) is 23.0 Å². The van der Waals surface area contributed by atoms with Gasteiger partial charge in [0.05, 0.1) is 22.9 Å².